The zero-order chi connectivity index (χ0) is 26.0. The highest BCUT2D eigenvalue weighted by Gasteiger charge is 2.77. The average Bonchev–Trinajstić information content (AvgIpc) is 3.38. The van der Waals surface area contributed by atoms with Crippen molar-refractivity contribution in [1.29, 1.82) is 0 Å². The number of nitrogens with zero attached hydrogens (tertiary/aromatic N) is 2. The highest BCUT2D eigenvalue weighted by atomic mass is 79.9. The number of rotatable bonds is 12. The first-order valence-electron chi connectivity index (χ1n) is 12.5. The molecule has 3 aliphatic heterocycles. The molecule has 1 N–H and O–H groups in total. The van der Waals surface area contributed by atoms with Crippen LogP contribution in [0.4, 0.5) is 0 Å². The normalized spacial score (nSPS) is 31.4. The maximum Gasteiger partial charge on any atom is 0.312 e. The van der Waals surface area contributed by atoms with Crippen molar-refractivity contribution in [1.82, 2.24) is 9.80 Å². The first-order chi connectivity index (χ1) is 16.5. The quantitative estimate of drug-likeness (QED) is 0.172. The van der Waals surface area contributed by atoms with E-state index in [4.69, 9.17) is 14.6 Å². The molecule has 35 heavy (non-hydrogen) atoms. The Morgan fingerprint density at radius 3 is 2.54 bits per heavy atom. The van der Waals surface area contributed by atoms with Gasteiger partial charge in [0, 0.05) is 30.1 Å². The number of alkyl halides is 1. The third kappa shape index (κ3) is 5.09. The lowest BCUT2D eigenvalue weighted by molar-refractivity contribution is -0.154. The van der Waals surface area contributed by atoms with Gasteiger partial charge < -0.3 is 24.4 Å². The standard InChI is InChI=1S/C26H39BrN2O6/c1-6-12-29(25(3,4)5)23(32)21-26-16-17(27)20(35-26)18(24(33)34-15-7-2)19(26)22(31)28(21)13-10-8-9-11-14-30/h6-7,17-21,30H,1-2,8-16H2,3-5H3/t17?,18-,19-,20-,21?,26?/m0/s1. The van der Waals surface area contributed by atoms with E-state index in [0.717, 1.165) is 12.8 Å². The van der Waals surface area contributed by atoms with Gasteiger partial charge in [0.2, 0.25) is 11.8 Å². The zero-order valence-corrected chi connectivity index (χ0v) is 22.7. The van der Waals surface area contributed by atoms with Gasteiger partial charge in [-0.25, -0.2) is 0 Å². The summed E-state index contributed by atoms with van der Waals surface area (Å²) in [4.78, 5) is 44.3. The fourth-order valence-electron chi connectivity index (χ4n) is 5.87. The van der Waals surface area contributed by atoms with Crippen molar-refractivity contribution in [3.05, 3.63) is 25.3 Å². The van der Waals surface area contributed by atoms with Crippen molar-refractivity contribution in [3.63, 3.8) is 0 Å². The van der Waals surface area contributed by atoms with Gasteiger partial charge >= 0.3 is 5.97 Å². The van der Waals surface area contributed by atoms with Gasteiger partial charge in [0.05, 0.1) is 17.9 Å². The molecular formula is C26H39BrN2O6. The summed E-state index contributed by atoms with van der Waals surface area (Å²) >= 11 is 3.66. The predicted molar refractivity (Wildman–Crippen MR) is 136 cm³/mol. The summed E-state index contributed by atoms with van der Waals surface area (Å²) in [6.45, 7) is 14.2. The van der Waals surface area contributed by atoms with Crippen LogP contribution in [-0.2, 0) is 23.9 Å². The van der Waals surface area contributed by atoms with E-state index < -0.39 is 41.1 Å². The highest BCUT2D eigenvalue weighted by Crippen LogP contribution is 2.60. The molecule has 2 bridgehead atoms. The van der Waals surface area contributed by atoms with E-state index in [1.54, 1.807) is 15.9 Å². The van der Waals surface area contributed by atoms with Gasteiger partial charge in [0.25, 0.3) is 0 Å². The summed E-state index contributed by atoms with van der Waals surface area (Å²) in [6.07, 6.45) is 6.17. The minimum Gasteiger partial charge on any atom is -0.461 e. The molecule has 1 spiro atoms. The van der Waals surface area contributed by atoms with Crippen LogP contribution >= 0.6 is 15.9 Å². The summed E-state index contributed by atoms with van der Waals surface area (Å²) in [6, 6.07) is -0.834. The number of likely N-dealkylation sites (tertiary alicyclic amines) is 1. The minimum atomic E-state index is -1.10. The lowest BCUT2D eigenvalue weighted by atomic mass is 9.70. The van der Waals surface area contributed by atoms with Crippen molar-refractivity contribution < 1.29 is 29.0 Å². The second-order valence-corrected chi connectivity index (χ2v) is 11.8. The van der Waals surface area contributed by atoms with Crippen LogP contribution in [0, 0.1) is 11.8 Å². The van der Waals surface area contributed by atoms with E-state index in [1.807, 2.05) is 20.8 Å². The van der Waals surface area contributed by atoms with Crippen molar-refractivity contribution in [3.8, 4) is 0 Å². The number of aliphatic hydroxyl groups excluding tert-OH is 1. The average molecular weight is 556 g/mol. The predicted octanol–water partition coefficient (Wildman–Crippen LogP) is 2.83. The van der Waals surface area contributed by atoms with Crippen molar-refractivity contribution in [2.24, 2.45) is 11.8 Å². The molecule has 3 unspecified atom stereocenters. The van der Waals surface area contributed by atoms with Crippen molar-refractivity contribution >= 4 is 33.7 Å². The topological polar surface area (TPSA) is 96.4 Å². The largest absolute Gasteiger partial charge is 0.461 e. The number of carbonyl (C=O) groups excluding carboxylic acids is 3. The molecule has 196 valence electrons. The van der Waals surface area contributed by atoms with Crippen LogP contribution in [0.2, 0.25) is 0 Å². The van der Waals surface area contributed by atoms with Gasteiger partial charge in [0.1, 0.15) is 18.2 Å². The second kappa shape index (κ2) is 11.1. The summed E-state index contributed by atoms with van der Waals surface area (Å²) in [5.74, 6) is -2.45. The number of aliphatic hydroxyl groups is 1. The molecule has 2 amide bonds. The molecule has 6 atom stereocenters. The van der Waals surface area contributed by atoms with Gasteiger partial charge in [-0.2, -0.15) is 0 Å². The first kappa shape index (κ1) is 27.9. The van der Waals surface area contributed by atoms with E-state index in [0.29, 0.717) is 32.4 Å². The molecule has 0 saturated carbocycles. The Balaban J connectivity index is 2.00. The molecule has 3 rings (SSSR count). The molecule has 8 nitrogen and oxygen atoms in total. The van der Waals surface area contributed by atoms with Crippen LogP contribution in [-0.4, -0.2) is 87.1 Å². The van der Waals surface area contributed by atoms with E-state index in [2.05, 4.69) is 29.1 Å². The van der Waals surface area contributed by atoms with E-state index in [-0.39, 0.29) is 29.9 Å². The van der Waals surface area contributed by atoms with Crippen molar-refractivity contribution in [2.75, 3.05) is 26.3 Å². The van der Waals surface area contributed by atoms with Crippen LogP contribution in [0.3, 0.4) is 0 Å². The number of esters is 1. The van der Waals surface area contributed by atoms with E-state index >= 15 is 0 Å². The number of hydrogen-bond acceptors (Lipinski definition) is 6. The Morgan fingerprint density at radius 1 is 1.26 bits per heavy atom. The number of ether oxygens (including phenoxy) is 2. The lowest BCUT2D eigenvalue weighted by Gasteiger charge is -2.42. The van der Waals surface area contributed by atoms with Crippen molar-refractivity contribution in [2.45, 2.75) is 81.0 Å². The first-order valence-corrected chi connectivity index (χ1v) is 13.4. The van der Waals surface area contributed by atoms with Gasteiger partial charge in [-0.1, -0.05) is 47.5 Å². The van der Waals surface area contributed by atoms with Crippen LogP contribution in [0.25, 0.3) is 0 Å². The van der Waals surface area contributed by atoms with Crippen LogP contribution < -0.4 is 0 Å². The third-order valence-corrected chi connectivity index (χ3v) is 8.18. The molecule has 0 aromatic rings. The number of halogens is 1. The fraction of sp³-hybridized carbons (Fsp3) is 0.731. The summed E-state index contributed by atoms with van der Waals surface area (Å²) in [5, 5.41) is 9.08. The Kier molecular flexibility index (Phi) is 8.86. The molecule has 0 aliphatic carbocycles. The van der Waals surface area contributed by atoms with Gasteiger partial charge in [-0.15, -0.1) is 6.58 Å². The molecule has 9 heteroatoms. The fourth-order valence-corrected chi connectivity index (χ4v) is 6.82. The Labute approximate surface area is 216 Å². The van der Waals surface area contributed by atoms with Crippen LogP contribution in [0.15, 0.2) is 25.3 Å². The minimum absolute atomic E-state index is 0.0526. The van der Waals surface area contributed by atoms with Crippen LogP contribution in [0.1, 0.15) is 52.9 Å². The van der Waals surface area contributed by atoms with Gasteiger partial charge in [-0.05, 0) is 40.0 Å². The number of unbranched alkanes of at least 4 members (excludes halogenated alkanes) is 3. The monoisotopic (exact) mass is 554 g/mol. The number of fused-ring (bicyclic) bond motifs is 1. The van der Waals surface area contributed by atoms with E-state index in [1.165, 1.54) is 6.08 Å². The Morgan fingerprint density at radius 2 is 1.94 bits per heavy atom. The summed E-state index contributed by atoms with van der Waals surface area (Å²) in [5.41, 5.74) is -1.59. The van der Waals surface area contributed by atoms with Gasteiger partial charge in [0.15, 0.2) is 0 Å². The molecule has 3 heterocycles. The van der Waals surface area contributed by atoms with Gasteiger partial charge in [-0.3, -0.25) is 14.4 Å². The Bertz CT molecular complexity index is 842. The summed E-state index contributed by atoms with van der Waals surface area (Å²) < 4.78 is 11.9. The highest BCUT2D eigenvalue weighted by molar-refractivity contribution is 9.09. The Hall–Kier alpha value is -1.71. The maximum atomic E-state index is 14.2. The molecule has 0 radical (unpaired) electrons. The lowest BCUT2D eigenvalue weighted by Crippen LogP contribution is -2.60. The second-order valence-electron chi connectivity index (χ2n) is 10.7. The molecular weight excluding hydrogens is 516 g/mol. The number of carbonyl (C=O) groups is 3. The number of amides is 2. The summed E-state index contributed by atoms with van der Waals surface area (Å²) in [7, 11) is 0. The van der Waals surface area contributed by atoms with Crippen LogP contribution in [0.5, 0.6) is 0 Å². The SMILES string of the molecule is C=CCOC(=O)[C@H]1[C@H]2C(=O)N(CCCCCCO)C(C(=O)N(CC=C)C(C)(C)C)C23CC(Br)[C@@H]1O3. The molecule has 3 saturated heterocycles. The number of hydrogen-bond donors (Lipinski definition) is 1. The molecule has 0 aromatic heterocycles. The third-order valence-electron chi connectivity index (χ3n) is 7.33. The molecule has 3 fully saturated rings. The molecule has 0 aromatic carbocycles. The zero-order valence-electron chi connectivity index (χ0n) is 21.1. The van der Waals surface area contributed by atoms with E-state index in [9.17, 15) is 14.4 Å². The maximum absolute atomic E-state index is 14.2. The smallest absolute Gasteiger partial charge is 0.312 e. The molecule has 3 aliphatic rings.